The molecule has 0 saturated heterocycles. The highest BCUT2D eigenvalue weighted by Gasteiger charge is 2.16. The molecule has 4 heteroatoms. The molecule has 0 heterocycles. The number of hydrogen-bond donors (Lipinski definition) is 1. The minimum absolute atomic E-state index is 0.291. The maximum atomic E-state index is 11.3. The van der Waals surface area contributed by atoms with Gasteiger partial charge < -0.3 is 10.1 Å². The fourth-order valence-electron chi connectivity index (χ4n) is 1.42. The zero-order valence-electron chi connectivity index (χ0n) is 9.50. The summed E-state index contributed by atoms with van der Waals surface area (Å²) in [5.41, 5.74) is 0.845. The van der Waals surface area contributed by atoms with E-state index in [-0.39, 0.29) is 6.10 Å². The van der Waals surface area contributed by atoms with Gasteiger partial charge in [0.05, 0.1) is 0 Å². The first-order chi connectivity index (χ1) is 7.69. The van der Waals surface area contributed by atoms with Crippen molar-refractivity contribution in [2.45, 2.75) is 26.4 Å². The molecule has 0 bridgehead atoms. The Bertz CT molecular complexity index is 355. The Hall–Kier alpha value is -1.22. The van der Waals surface area contributed by atoms with Crippen molar-refractivity contribution in [1.29, 1.82) is 0 Å². The lowest BCUT2D eigenvalue weighted by molar-refractivity contribution is 0.0957. The lowest BCUT2D eigenvalue weighted by atomic mass is 10.1. The number of nitrogens with one attached hydrogen (secondary N) is 1. The average Bonchev–Trinajstić information content (AvgIpc) is 2.27. The van der Waals surface area contributed by atoms with Crippen LogP contribution in [0.3, 0.4) is 0 Å². The first-order valence-electron chi connectivity index (χ1n) is 5.37. The van der Waals surface area contributed by atoms with Gasteiger partial charge in [-0.15, -0.1) is 0 Å². The van der Waals surface area contributed by atoms with E-state index in [1.54, 1.807) is 6.07 Å². The van der Waals surface area contributed by atoms with Gasteiger partial charge in [0.25, 0.3) is 0 Å². The molecule has 0 aliphatic rings. The standard InChI is InChI=1S/C12H16ClNO2/c1-3-11(16-12(15)14-4-2)9-7-5-6-8-10(9)13/h5-8,11H,3-4H2,1-2H3,(H,14,15). The lowest BCUT2D eigenvalue weighted by Crippen LogP contribution is -2.25. The van der Waals surface area contributed by atoms with E-state index >= 15 is 0 Å². The van der Waals surface area contributed by atoms with E-state index < -0.39 is 6.09 Å². The van der Waals surface area contributed by atoms with Crippen molar-refractivity contribution in [1.82, 2.24) is 5.32 Å². The highest BCUT2D eigenvalue weighted by Crippen LogP contribution is 2.27. The zero-order valence-corrected chi connectivity index (χ0v) is 10.3. The summed E-state index contributed by atoms with van der Waals surface area (Å²) in [5, 5.41) is 3.22. The van der Waals surface area contributed by atoms with Crippen molar-refractivity contribution in [3.63, 3.8) is 0 Å². The normalized spacial score (nSPS) is 11.9. The average molecular weight is 242 g/mol. The monoisotopic (exact) mass is 241 g/mol. The molecule has 1 aromatic carbocycles. The highest BCUT2D eigenvalue weighted by atomic mass is 35.5. The third-order valence-corrected chi connectivity index (χ3v) is 2.54. The Balaban J connectivity index is 2.75. The molecule has 1 rings (SSSR count). The van der Waals surface area contributed by atoms with E-state index in [1.165, 1.54) is 0 Å². The topological polar surface area (TPSA) is 38.3 Å². The van der Waals surface area contributed by atoms with Crippen molar-refractivity contribution in [3.05, 3.63) is 34.9 Å². The summed E-state index contributed by atoms with van der Waals surface area (Å²) in [6.45, 7) is 4.35. The number of alkyl carbamates (subject to hydrolysis) is 1. The van der Waals surface area contributed by atoms with Crippen LogP contribution in [0, 0.1) is 0 Å². The van der Waals surface area contributed by atoms with Crippen LogP contribution in [0.4, 0.5) is 4.79 Å². The number of benzene rings is 1. The molecule has 3 nitrogen and oxygen atoms in total. The maximum Gasteiger partial charge on any atom is 0.407 e. The van der Waals surface area contributed by atoms with Crippen LogP contribution >= 0.6 is 11.6 Å². The van der Waals surface area contributed by atoms with Gasteiger partial charge in [0.15, 0.2) is 0 Å². The van der Waals surface area contributed by atoms with Gasteiger partial charge in [-0.25, -0.2) is 4.79 Å². The van der Waals surface area contributed by atoms with Crippen LogP contribution in [0.25, 0.3) is 0 Å². The largest absolute Gasteiger partial charge is 0.441 e. The Labute approximate surface area is 101 Å². The number of rotatable bonds is 4. The van der Waals surface area contributed by atoms with Crippen LogP contribution in [-0.4, -0.2) is 12.6 Å². The van der Waals surface area contributed by atoms with E-state index in [9.17, 15) is 4.79 Å². The first-order valence-corrected chi connectivity index (χ1v) is 5.75. The first kappa shape index (κ1) is 12.8. The summed E-state index contributed by atoms with van der Waals surface area (Å²) in [5.74, 6) is 0. The SMILES string of the molecule is CCNC(=O)OC(CC)c1ccccc1Cl. The molecule has 88 valence electrons. The van der Waals surface area contributed by atoms with E-state index in [0.29, 0.717) is 18.0 Å². The summed E-state index contributed by atoms with van der Waals surface area (Å²) < 4.78 is 5.27. The van der Waals surface area contributed by atoms with Gasteiger partial charge in [0.2, 0.25) is 0 Å². The summed E-state index contributed by atoms with van der Waals surface area (Å²) >= 11 is 6.05. The highest BCUT2D eigenvalue weighted by molar-refractivity contribution is 6.31. The molecule has 1 unspecified atom stereocenters. The maximum absolute atomic E-state index is 11.3. The quantitative estimate of drug-likeness (QED) is 0.876. The Morgan fingerprint density at radius 3 is 2.69 bits per heavy atom. The zero-order chi connectivity index (χ0) is 12.0. The summed E-state index contributed by atoms with van der Waals surface area (Å²) in [7, 11) is 0. The molecule has 0 radical (unpaired) electrons. The van der Waals surface area contributed by atoms with E-state index in [0.717, 1.165) is 5.56 Å². The van der Waals surface area contributed by atoms with Gasteiger partial charge in [-0.1, -0.05) is 36.7 Å². The Morgan fingerprint density at radius 1 is 1.44 bits per heavy atom. The van der Waals surface area contributed by atoms with Gasteiger partial charge in [0, 0.05) is 17.1 Å². The molecule has 0 aliphatic carbocycles. The molecule has 0 saturated carbocycles. The molecule has 1 atom stereocenters. The van der Waals surface area contributed by atoms with Crippen molar-refractivity contribution < 1.29 is 9.53 Å². The molecule has 16 heavy (non-hydrogen) atoms. The summed E-state index contributed by atoms with van der Waals surface area (Å²) in [4.78, 5) is 11.3. The third kappa shape index (κ3) is 3.42. The van der Waals surface area contributed by atoms with Crippen molar-refractivity contribution in [2.24, 2.45) is 0 Å². The second-order valence-electron chi connectivity index (χ2n) is 3.35. The molecule has 1 N–H and O–H groups in total. The van der Waals surface area contributed by atoms with Gasteiger partial charge >= 0.3 is 6.09 Å². The van der Waals surface area contributed by atoms with Crippen LogP contribution in [0.1, 0.15) is 31.9 Å². The number of carbonyl (C=O) groups excluding carboxylic acids is 1. The number of amides is 1. The molecular formula is C12H16ClNO2. The predicted octanol–water partition coefficient (Wildman–Crippen LogP) is 3.54. The molecule has 1 aromatic rings. The van der Waals surface area contributed by atoms with Crippen LogP contribution in [-0.2, 0) is 4.74 Å². The second kappa shape index (κ2) is 6.38. The van der Waals surface area contributed by atoms with Crippen molar-refractivity contribution >= 4 is 17.7 Å². The van der Waals surface area contributed by atoms with Gasteiger partial charge in [0.1, 0.15) is 6.10 Å². The molecule has 1 amide bonds. The second-order valence-corrected chi connectivity index (χ2v) is 3.76. The molecule has 0 spiro atoms. The fraction of sp³-hybridized carbons (Fsp3) is 0.417. The number of halogens is 1. The van der Waals surface area contributed by atoms with Gasteiger partial charge in [-0.05, 0) is 19.4 Å². The molecule has 0 aromatic heterocycles. The molecular weight excluding hydrogens is 226 g/mol. The number of ether oxygens (including phenoxy) is 1. The third-order valence-electron chi connectivity index (χ3n) is 2.19. The van der Waals surface area contributed by atoms with Crippen LogP contribution in [0.15, 0.2) is 24.3 Å². The molecule has 0 aliphatic heterocycles. The van der Waals surface area contributed by atoms with Gasteiger partial charge in [-0.2, -0.15) is 0 Å². The fourth-order valence-corrected chi connectivity index (χ4v) is 1.68. The predicted molar refractivity (Wildman–Crippen MR) is 64.6 cm³/mol. The Morgan fingerprint density at radius 2 is 2.12 bits per heavy atom. The smallest absolute Gasteiger partial charge is 0.407 e. The van der Waals surface area contributed by atoms with Crippen LogP contribution in [0.5, 0.6) is 0 Å². The van der Waals surface area contributed by atoms with E-state index in [2.05, 4.69) is 5.32 Å². The summed E-state index contributed by atoms with van der Waals surface area (Å²) in [6, 6.07) is 7.39. The van der Waals surface area contributed by atoms with E-state index in [4.69, 9.17) is 16.3 Å². The molecule has 0 fully saturated rings. The van der Waals surface area contributed by atoms with Crippen LogP contribution in [0.2, 0.25) is 5.02 Å². The van der Waals surface area contributed by atoms with Crippen molar-refractivity contribution in [2.75, 3.05) is 6.54 Å². The van der Waals surface area contributed by atoms with Crippen LogP contribution < -0.4 is 5.32 Å². The van der Waals surface area contributed by atoms with Gasteiger partial charge in [-0.3, -0.25) is 0 Å². The summed E-state index contributed by atoms with van der Waals surface area (Å²) in [6.07, 6.45) is -0.00421. The Kier molecular flexibility index (Phi) is 5.12. The number of hydrogen-bond acceptors (Lipinski definition) is 2. The lowest BCUT2D eigenvalue weighted by Gasteiger charge is -2.17. The number of carbonyl (C=O) groups is 1. The minimum atomic E-state index is -0.408. The minimum Gasteiger partial charge on any atom is -0.441 e. The van der Waals surface area contributed by atoms with E-state index in [1.807, 2.05) is 32.0 Å². The van der Waals surface area contributed by atoms with Crippen molar-refractivity contribution in [3.8, 4) is 0 Å².